The fraction of sp³-hybridized carbons (Fsp3) is 0.0769. The van der Waals surface area contributed by atoms with Crippen LogP contribution < -0.4 is 4.74 Å². The van der Waals surface area contributed by atoms with E-state index in [0.717, 1.165) is 18.2 Å². The van der Waals surface area contributed by atoms with E-state index in [1.165, 1.54) is 18.3 Å². The van der Waals surface area contributed by atoms with Crippen LogP contribution in [0.5, 0.6) is 11.5 Å². The van der Waals surface area contributed by atoms with Crippen LogP contribution >= 0.6 is 0 Å². The number of carbonyl (C=O) groups is 1. The molecule has 20 heavy (non-hydrogen) atoms. The lowest BCUT2D eigenvalue weighted by atomic mass is 10.1. The summed E-state index contributed by atoms with van der Waals surface area (Å²) in [4.78, 5) is 15.8. The summed E-state index contributed by atoms with van der Waals surface area (Å²) in [7, 11) is 0. The number of pyridine rings is 1. The third-order valence-corrected chi connectivity index (χ3v) is 2.33. The molecule has 0 aliphatic heterocycles. The summed E-state index contributed by atoms with van der Waals surface area (Å²) >= 11 is 0. The highest BCUT2D eigenvalue weighted by molar-refractivity contribution is 6.09. The van der Waals surface area contributed by atoms with Crippen LogP contribution in [-0.4, -0.2) is 22.2 Å². The summed E-state index contributed by atoms with van der Waals surface area (Å²) in [5.74, 6) is -1.94. The smallest absolute Gasteiger partial charge is 0.508 e. The zero-order valence-electron chi connectivity index (χ0n) is 9.89. The fourth-order valence-electron chi connectivity index (χ4n) is 1.54. The number of aromatic hydroxyl groups is 1. The zero-order chi connectivity index (χ0) is 14.8. The van der Waals surface area contributed by atoms with Crippen LogP contribution in [0.15, 0.2) is 42.6 Å². The molecule has 1 aromatic carbocycles. The molecule has 0 bridgehead atoms. The van der Waals surface area contributed by atoms with Crippen molar-refractivity contribution in [1.82, 2.24) is 4.98 Å². The van der Waals surface area contributed by atoms with Gasteiger partial charge in [-0.05, 0) is 24.3 Å². The molecule has 0 aliphatic rings. The van der Waals surface area contributed by atoms with Crippen molar-refractivity contribution < 1.29 is 27.8 Å². The molecule has 0 atom stereocenters. The molecule has 0 unspecified atom stereocenters. The predicted octanol–water partition coefficient (Wildman–Crippen LogP) is 2.92. The summed E-state index contributed by atoms with van der Waals surface area (Å²) in [6.45, 7) is 0. The molecule has 7 heteroatoms. The SMILES string of the molecule is O=C(c1ccccn1)c1ccc(O)cc1OC(F)(F)F. The maximum Gasteiger partial charge on any atom is 0.573 e. The number of aromatic nitrogens is 1. The van der Waals surface area contributed by atoms with Gasteiger partial charge in [0.25, 0.3) is 0 Å². The summed E-state index contributed by atoms with van der Waals surface area (Å²) in [6.07, 6.45) is -3.62. The number of rotatable bonds is 3. The Morgan fingerprint density at radius 1 is 1.20 bits per heavy atom. The molecule has 2 aromatic rings. The first-order valence-electron chi connectivity index (χ1n) is 5.41. The minimum absolute atomic E-state index is 0.0229. The number of phenols is 1. The first-order chi connectivity index (χ1) is 9.37. The van der Waals surface area contributed by atoms with E-state index in [2.05, 4.69) is 9.72 Å². The molecule has 2 rings (SSSR count). The van der Waals surface area contributed by atoms with Crippen LogP contribution in [0.25, 0.3) is 0 Å². The summed E-state index contributed by atoms with van der Waals surface area (Å²) in [5, 5.41) is 9.21. The van der Waals surface area contributed by atoms with Gasteiger partial charge in [0.15, 0.2) is 0 Å². The van der Waals surface area contributed by atoms with Gasteiger partial charge >= 0.3 is 6.36 Å². The van der Waals surface area contributed by atoms with Crippen molar-refractivity contribution in [1.29, 1.82) is 0 Å². The highest BCUT2D eigenvalue weighted by Crippen LogP contribution is 2.30. The first kappa shape index (κ1) is 13.9. The first-order valence-corrected chi connectivity index (χ1v) is 5.41. The van der Waals surface area contributed by atoms with Gasteiger partial charge in [0.2, 0.25) is 5.78 Å². The van der Waals surface area contributed by atoms with Crippen molar-refractivity contribution in [2.24, 2.45) is 0 Å². The number of halogens is 3. The van der Waals surface area contributed by atoms with Gasteiger partial charge in [-0.25, -0.2) is 0 Å². The van der Waals surface area contributed by atoms with Crippen molar-refractivity contribution in [2.75, 3.05) is 0 Å². The van der Waals surface area contributed by atoms with Crippen molar-refractivity contribution >= 4 is 5.78 Å². The monoisotopic (exact) mass is 283 g/mol. The van der Waals surface area contributed by atoms with Crippen molar-refractivity contribution in [3.63, 3.8) is 0 Å². The van der Waals surface area contributed by atoms with E-state index < -0.39 is 23.6 Å². The second-order valence-electron chi connectivity index (χ2n) is 3.77. The van der Waals surface area contributed by atoms with Crippen LogP contribution in [0.4, 0.5) is 13.2 Å². The molecule has 0 spiro atoms. The van der Waals surface area contributed by atoms with Crippen LogP contribution in [0.3, 0.4) is 0 Å². The van der Waals surface area contributed by atoms with Gasteiger partial charge < -0.3 is 9.84 Å². The van der Waals surface area contributed by atoms with E-state index in [4.69, 9.17) is 0 Å². The average molecular weight is 283 g/mol. The molecule has 0 radical (unpaired) electrons. The Hall–Kier alpha value is -2.57. The number of ether oxygens (including phenoxy) is 1. The molecule has 4 nitrogen and oxygen atoms in total. The average Bonchev–Trinajstić information content (AvgIpc) is 2.37. The normalized spacial score (nSPS) is 11.2. The second kappa shape index (κ2) is 5.20. The molecule has 0 amide bonds. The van der Waals surface area contributed by atoms with Crippen molar-refractivity contribution in [3.05, 3.63) is 53.9 Å². The van der Waals surface area contributed by atoms with Crippen molar-refractivity contribution in [2.45, 2.75) is 6.36 Å². The summed E-state index contributed by atoms with van der Waals surface area (Å²) in [5.41, 5.74) is -0.357. The Kier molecular flexibility index (Phi) is 3.60. The second-order valence-corrected chi connectivity index (χ2v) is 3.77. The van der Waals surface area contributed by atoms with Crippen LogP contribution in [0.2, 0.25) is 0 Å². The number of benzene rings is 1. The maximum atomic E-state index is 12.3. The van der Waals surface area contributed by atoms with E-state index in [1.807, 2.05) is 0 Å². The lowest BCUT2D eigenvalue weighted by molar-refractivity contribution is -0.274. The largest absolute Gasteiger partial charge is 0.573 e. The minimum atomic E-state index is -4.97. The summed E-state index contributed by atoms with van der Waals surface area (Å²) in [6, 6.07) is 7.34. The molecule has 1 aromatic heterocycles. The Morgan fingerprint density at radius 3 is 2.55 bits per heavy atom. The number of hydrogen-bond donors (Lipinski definition) is 1. The molecule has 1 N–H and O–H groups in total. The van der Waals surface area contributed by atoms with Gasteiger partial charge in [-0.2, -0.15) is 0 Å². The molecule has 1 heterocycles. The minimum Gasteiger partial charge on any atom is -0.508 e. The quantitative estimate of drug-likeness (QED) is 0.880. The van der Waals surface area contributed by atoms with Crippen LogP contribution in [-0.2, 0) is 0 Å². The van der Waals surface area contributed by atoms with Crippen LogP contribution in [0.1, 0.15) is 16.1 Å². The van der Waals surface area contributed by atoms with Crippen LogP contribution in [0, 0.1) is 0 Å². The third kappa shape index (κ3) is 3.25. The lowest BCUT2D eigenvalue weighted by Crippen LogP contribution is -2.19. The van der Waals surface area contributed by atoms with E-state index in [9.17, 15) is 23.1 Å². The van der Waals surface area contributed by atoms with E-state index in [-0.39, 0.29) is 11.3 Å². The van der Waals surface area contributed by atoms with Crippen molar-refractivity contribution in [3.8, 4) is 11.5 Å². The van der Waals surface area contributed by atoms with E-state index >= 15 is 0 Å². The van der Waals surface area contributed by atoms with E-state index in [1.54, 1.807) is 6.07 Å². The molecule has 0 saturated carbocycles. The maximum absolute atomic E-state index is 12.3. The molecular weight excluding hydrogens is 275 g/mol. The zero-order valence-corrected chi connectivity index (χ0v) is 9.89. The molecule has 0 aliphatic carbocycles. The summed E-state index contributed by atoms with van der Waals surface area (Å²) < 4.78 is 40.6. The number of nitrogens with zero attached hydrogens (tertiary/aromatic N) is 1. The standard InChI is InChI=1S/C13H8F3NO3/c14-13(15,16)20-11-7-8(18)4-5-9(11)12(19)10-3-1-2-6-17-10/h1-7,18H. The Labute approximate surface area is 111 Å². The van der Waals surface area contributed by atoms with Gasteiger partial charge in [0.05, 0.1) is 5.56 Å². The van der Waals surface area contributed by atoms with Gasteiger partial charge in [-0.3, -0.25) is 9.78 Å². The van der Waals surface area contributed by atoms with Gasteiger partial charge in [0.1, 0.15) is 17.2 Å². The van der Waals surface area contributed by atoms with Gasteiger partial charge in [0, 0.05) is 12.3 Å². The Bertz CT molecular complexity index is 627. The molecule has 0 fully saturated rings. The third-order valence-electron chi connectivity index (χ3n) is 2.33. The molecular formula is C13H8F3NO3. The molecule has 104 valence electrons. The van der Waals surface area contributed by atoms with E-state index in [0.29, 0.717) is 0 Å². The number of phenolic OH excluding ortho intramolecular Hbond substituents is 1. The van der Waals surface area contributed by atoms with Gasteiger partial charge in [-0.15, -0.1) is 13.2 Å². The number of alkyl halides is 3. The fourth-order valence-corrected chi connectivity index (χ4v) is 1.54. The lowest BCUT2D eigenvalue weighted by Gasteiger charge is -2.12. The Balaban J connectivity index is 2.43. The number of ketones is 1. The highest BCUT2D eigenvalue weighted by Gasteiger charge is 2.33. The van der Waals surface area contributed by atoms with Gasteiger partial charge in [-0.1, -0.05) is 6.07 Å². The topological polar surface area (TPSA) is 59.4 Å². The number of carbonyl (C=O) groups excluding carboxylic acids is 1. The molecule has 0 saturated heterocycles. The number of hydrogen-bond acceptors (Lipinski definition) is 4. The Morgan fingerprint density at radius 2 is 1.95 bits per heavy atom. The highest BCUT2D eigenvalue weighted by atomic mass is 19.4. The predicted molar refractivity (Wildman–Crippen MR) is 62.5 cm³/mol.